The zero-order chi connectivity index (χ0) is 29.6. The number of nitrogens with zero attached hydrogens (tertiary/aromatic N) is 2. The monoisotopic (exact) mass is 567 g/mol. The third-order valence-corrected chi connectivity index (χ3v) is 6.22. The van der Waals surface area contributed by atoms with E-state index in [-0.39, 0.29) is 29.0 Å². The van der Waals surface area contributed by atoms with Crippen molar-refractivity contribution < 1.29 is 27.1 Å². The first-order valence-corrected chi connectivity index (χ1v) is 12.7. The fourth-order valence-corrected chi connectivity index (χ4v) is 4.32. The zero-order valence-electron chi connectivity index (χ0n) is 22.4. The summed E-state index contributed by atoms with van der Waals surface area (Å²) in [5, 5.41) is 9.51. The van der Waals surface area contributed by atoms with Crippen LogP contribution in [0.2, 0.25) is 0 Å². The summed E-state index contributed by atoms with van der Waals surface area (Å²) in [5.41, 5.74) is 6.44. The summed E-state index contributed by atoms with van der Waals surface area (Å²) in [7, 11) is 0. The number of carbonyl (C=O) groups is 1. The predicted octanol–water partition coefficient (Wildman–Crippen LogP) is 5.80. The van der Waals surface area contributed by atoms with Crippen LogP contribution in [0.15, 0.2) is 79.0 Å². The van der Waals surface area contributed by atoms with Gasteiger partial charge in [0.05, 0.1) is 17.3 Å². The molecule has 41 heavy (non-hydrogen) atoms. The van der Waals surface area contributed by atoms with Crippen LogP contribution in [0, 0.1) is 5.95 Å². The van der Waals surface area contributed by atoms with Crippen LogP contribution in [0.25, 0.3) is 22.0 Å². The maximum absolute atomic E-state index is 14.4. The number of allylic oxidation sites excluding steroid dienone is 1. The lowest BCUT2D eigenvalue weighted by Gasteiger charge is -2.22. The average molecular weight is 568 g/mol. The van der Waals surface area contributed by atoms with Gasteiger partial charge in [0.2, 0.25) is 17.7 Å². The van der Waals surface area contributed by atoms with E-state index in [0.29, 0.717) is 28.8 Å². The highest BCUT2D eigenvalue weighted by Gasteiger charge is 2.31. The van der Waals surface area contributed by atoms with Crippen molar-refractivity contribution >= 4 is 28.0 Å². The molecule has 0 unspecified atom stereocenters. The van der Waals surface area contributed by atoms with Crippen molar-refractivity contribution in [2.24, 2.45) is 5.73 Å². The van der Waals surface area contributed by atoms with Gasteiger partial charge in [0.15, 0.2) is 0 Å². The summed E-state index contributed by atoms with van der Waals surface area (Å²) in [4.78, 5) is 15.3. The molecule has 214 valence electrons. The van der Waals surface area contributed by atoms with Gasteiger partial charge < -0.3 is 15.8 Å². The van der Waals surface area contributed by atoms with Crippen LogP contribution in [0.3, 0.4) is 0 Å². The molecular weight excluding hydrogens is 538 g/mol. The smallest absolute Gasteiger partial charge is 0.393 e. The molecular formula is C30H29F4N5O2. The Labute approximate surface area is 234 Å². The second-order valence-corrected chi connectivity index (χ2v) is 9.90. The van der Waals surface area contributed by atoms with Crippen LogP contribution < -0.4 is 15.8 Å². The molecule has 0 bridgehead atoms. The highest BCUT2D eigenvalue weighted by atomic mass is 19.4. The number of amides is 1. The number of pyridine rings is 1. The number of hydrogen-bond donors (Lipinski definition) is 3. The second-order valence-electron chi connectivity index (χ2n) is 9.90. The van der Waals surface area contributed by atoms with Gasteiger partial charge in [0.1, 0.15) is 6.61 Å². The summed E-state index contributed by atoms with van der Waals surface area (Å²) in [6.07, 6.45) is -1.35. The third-order valence-electron chi connectivity index (χ3n) is 6.22. The summed E-state index contributed by atoms with van der Waals surface area (Å²) < 4.78 is 61.7. The highest BCUT2D eigenvalue weighted by Crippen LogP contribution is 2.40. The van der Waals surface area contributed by atoms with Crippen molar-refractivity contribution in [3.8, 4) is 5.88 Å². The number of benzene rings is 2. The minimum absolute atomic E-state index is 0.0206. The van der Waals surface area contributed by atoms with Crippen molar-refractivity contribution in [2.45, 2.75) is 32.0 Å². The second kappa shape index (κ2) is 12.3. The van der Waals surface area contributed by atoms with Crippen molar-refractivity contribution in [1.82, 2.24) is 20.5 Å². The number of carbonyl (C=O) groups excluding carboxylic acids is 1. The summed E-state index contributed by atoms with van der Waals surface area (Å²) in [6, 6.07) is 16.1. The number of aromatic amines is 1. The average Bonchev–Trinajstić information content (AvgIpc) is 3.30. The van der Waals surface area contributed by atoms with Gasteiger partial charge in [-0.2, -0.15) is 22.7 Å². The number of primary amides is 1. The van der Waals surface area contributed by atoms with E-state index in [4.69, 9.17) is 10.5 Å². The molecule has 1 amide bonds. The Hall–Kier alpha value is -4.51. The number of aromatic nitrogens is 3. The SMILES string of the molecule is CC(C)(C=CC(N)=O)NCCOc1ccc(/C(=C(/CC(F)(F)F)c2ccccc2)c2ccc3n[nH]c(F)c3c2)cn1. The fourth-order valence-electron chi connectivity index (χ4n) is 4.32. The normalized spacial score (nSPS) is 13.0. The number of H-pyrrole nitrogens is 1. The zero-order valence-corrected chi connectivity index (χ0v) is 22.4. The lowest BCUT2D eigenvalue weighted by atomic mass is 9.88. The minimum atomic E-state index is -4.51. The highest BCUT2D eigenvalue weighted by molar-refractivity contribution is 6.00. The molecule has 11 heteroatoms. The molecule has 0 aliphatic rings. The number of fused-ring (bicyclic) bond motifs is 1. The van der Waals surface area contributed by atoms with E-state index in [0.717, 1.165) is 0 Å². The standard InChI is InChI=1S/C30H29F4N5O2/c1-29(2,13-12-25(35)40)37-14-15-41-26-11-9-21(18-36-26)27(20-8-10-24-22(16-20)28(31)39-38-24)23(17-30(32,33)34)19-6-4-3-5-7-19/h3-13,16,18,37H,14-15,17H2,1-2H3,(H2,35,40)(H,38,39)/b13-12?,27-23-. The van der Waals surface area contributed by atoms with Gasteiger partial charge in [-0.05, 0) is 54.3 Å². The minimum Gasteiger partial charge on any atom is -0.476 e. The molecule has 4 aromatic rings. The Balaban J connectivity index is 1.67. The predicted molar refractivity (Wildman–Crippen MR) is 149 cm³/mol. The van der Waals surface area contributed by atoms with Crippen molar-refractivity contribution in [3.63, 3.8) is 0 Å². The van der Waals surface area contributed by atoms with Gasteiger partial charge in [-0.3, -0.25) is 9.89 Å². The van der Waals surface area contributed by atoms with E-state index >= 15 is 0 Å². The first-order valence-electron chi connectivity index (χ1n) is 12.7. The molecule has 0 radical (unpaired) electrons. The molecule has 7 nitrogen and oxygen atoms in total. The Morgan fingerprint density at radius 2 is 1.78 bits per heavy atom. The van der Waals surface area contributed by atoms with Gasteiger partial charge in [0, 0.05) is 36.0 Å². The van der Waals surface area contributed by atoms with Crippen LogP contribution in [0.5, 0.6) is 5.88 Å². The molecule has 2 aromatic heterocycles. The number of nitrogens with two attached hydrogens (primary N) is 1. The van der Waals surface area contributed by atoms with E-state index < -0.39 is 30.0 Å². The number of hydrogen-bond acceptors (Lipinski definition) is 5. The van der Waals surface area contributed by atoms with E-state index in [1.807, 2.05) is 13.8 Å². The quantitative estimate of drug-likeness (QED) is 0.0920. The lowest BCUT2D eigenvalue weighted by Crippen LogP contribution is -2.40. The van der Waals surface area contributed by atoms with E-state index in [1.54, 1.807) is 60.7 Å². The Bertz CT molecular complexity index is 1560. The van der Waals surface area contributed by atoms with Gasteiger partial charge >= 0.3 is 6.18 Å². The molecule has 0 spiro atoms. The Kier molecular flexibility index (Phi) is 8.87. The van der Waals surface area contributed by atoms with Gasteiger partial charge in [-0.25, -0.2) is 4.98 Å². The van der Waals surface area contributed by atoms with Crippen LogP contribution in [-0.4, -0.2) is 46.0 Å². The summed E-state index contributed by atoms with van der Waals surface area (Å²) in [5.74, 6) is -0.954. The van der Waals surface area contributed by atoms with Crippen molar-refractivity contribution in [2.75, 3.05) is 13.2 Å². The molecule has 4 N–H and O–H groups in total. The molecule has 0 atom stereocenters. The molecule has 0 aliphatic carbocycles. The van der Waals surface area contributed by atoms with Crippen LogP contribution in [-0.2, 0) is 4.79 Å². The summed E-state index contributed by atoms with van der Waals surface area (Å²) in [6.45, 7) is 4.39. The fraction of sp³-hybridized carbons (Fsp3) is 0.233. The van der Waals surface area contributed by atoms with Gasteiger partial charge in [0.25, 0.3) is 0 Å². The maximum atomic E-state index is 14.4. The molecule has 0 fully saturated rings. The Morgan fingerprint density at radius 3 is 2.44 bits per heavy atom. The molecule has 2 aromatic carbocycles. The first kappa shape index (κ1) is 29.5. The topological polar surface area (TPSA) is 106 Å². The number of alkyl halides is 3. The Morgan fingerprint density at radius 1 is 1.05 bits per heavy atom. The number of rotatable bonds is 11. The van der Waals surface area contributed by atoms with Crippen molar-refractivity contribution in [1.29, 1.82) is 0 Å². The van der Waals surface area contributed by atoms with E-state index in [2.05, 4.69) is 20.5 Å². The number of nitrogens with one attached hydrogen (secondary N) is 2. The third kappa shape index (κ3) is 8.01. The number of halogens is 4. The molecule has 0 saturated carbocycles. The number of ether oxygens (including phenoxy) is 1. The van der Waals surface area contributed by atoms with Crippen LogP contribution >= 0.6 is 0 Å². The lowest BCUT2D eigenvalue weighted by molar-refractivity contribution is -0.123. The largest absolute Gasteiger partial charge is 0.476 e. The van der Waals surface area contributed by atoms with Gasteiger partial charge in [-0.15, -0.1) is 0 Å². The van der Waals surface area contributed by atoms with E-state index in [1.165, 1.54) is 18.3 Å². The molecule has 0 saturated heterocycles. The molecule has 2 heterocycles. The maximum Gasteiger partial charge on any atom is 0.393 e. The summed E-state index contributed by atoms with van der Waals surface area (Å²) >= 11 is 0. The molecule has 4 rings (SSSR count). The van der Waals surface area contributed by atoms with Crippen LogP contribution in [0.4, 0.5) is 17.6 Å². The van der Waals surface area contributed by atoms with Crippen molar-refractivity contribution in [3.05, 3.63) is 102 Å². The first-order chi connectivity index (χ1) is 19.4. The van der Waals surface area contributed by atoms with Crippen LogP contribution in [0.1, 0.15) is 37.0 Å². The van der Waals surface area contributed by atoms with E-state index in [9.17, 15) is 22.4 Å². The molecule has 0 aliphatic heterocycles. The van der Waals surface area contributed by atoms with Gasteiger partial charge in [-0.1, -0.05) is 42.5 Å².